The Labute approximate surface area is 79.4 Å². The zero-order chi connectivity index (χ0) is 9.68. The third kappa shape index (κ3) is 3.03. The molecule has 3 heteroatoms. The van der Waals surface area contributed by atoms with E-state index in [4.69, 9.17) is 5.73 Å². The van der Waals surface area contributed by atoms with Crippen molar-refractivity contribution in [2.45, 2.75) is 13.3 Å². The summed E-state index contributed by atoms with van der Waals surface area (Å²) in [4.78, 5) is 4.05. The minimum absolute atomic E-state index is 0.594. The van der Waals surface area contributed by atoms with E-state index in [0.29, 0.717) is 11.7 Å². The van der Waals surface area contributed by atoms with Gasteiger partial charge in [0.2, 0.25) is 0 Å². The molecule has 0 aliphatic rings. The van der Waals surface area contributed by atoms with Crippen molar-refractivity contribution in [2.75, 3.05) is 19.3 Å². The number of nitrogens with one attached hydrogen (secondary N) is 1. The zero-order valence-electron chi connectivity index (χ0n) is 8.25. The predicted molar refractivity (Wildman–Crippen MR) is 55.4 cm³/mol. The van der Waals surface area contributed by atoms with Gasteiger partial charge in [-0.2, -0.15) is 0 Å². The fourth-order valence-corrected chi connectivity index (χ4v) is 1.42. The average molecular weight is 179 g/mol. The van der Waals surface area contributed by atoms with Gasteiger partial charge in [0, 0.05) is 6.20 Å². The number of nitrogen functional groups attached to an aromatic ring is 1. The summed E-state index contributed by atoms with van der Waals surface area (Å²) in [5.74, 6) is 1.25. The van der Waals surface area contributed by atoms with E-state index in [1.807, 2.05) is 19.2 Å². The van der Waals surface area contributed by atoms with Gasteiger partial charge in [-0.3, -0.25) is 0 Å². The molecule has 0 saturated carbocycles. The van der Waals surface area contributed by atoms with Crippen LogP contribution in [0.3, 0.4) is 0 Å². The number of hydrogen-bond acceptors (Lipinski definition) is 3. The molecule has 13 heavy (non-hydrogen) atoms. The molecule has 0 aliphatic carbocycles. The molecule has 1 aromatic rings. The number of nitrogens with two attached hydrogens (primary N) is 1. The summed E-state index contributed by atoms with van der Waals surface area (Å²) in [6.45, 7) is 3.21. The molecule has 0 spiro atoms. The van der Waals surface area contributed by atoms with Crippen LogP contribution >= 0.6 is 0 Å². The Bertz CT molecular complexity index is 260. The molecule has 72 valence electrons. The zero-order valence-corrected chi connectivity index (χ0v) is 8.25. The fourth-order valence-electron chi connectivity index (χ4n) is 1.42. The van der Waals surface area contributed by atoms with Crippen molar-refractivity contribution in [2.24, 2.45) is 5.92 Å². The van der Waals surface area contributed by atoms with Gasteiger partial charge in [-0.15, -0.1) is 0 Å². The lowest BCUT2D eigenvalue weighted by atomic mass is 10.0. The third-order valence-corrected chi connectivity index (χ3v) is 2.05. The molecule has 1 heterocycles. The van der Waals surface area contributed by atoms with E-state index in [-0.39, 0.29) is 0 Å². The lowest BCUT2D eigenvalue weighted by Crippen LogP contribution is -2.18. The minimum atomic E-state index is 0.594. The highest BCUT2D eigenvalue weighted by Crippen LogP contribution is 2.12. The van der Waals surface area contributed by atoms with Gasteiger partial charge in [0.25, 0.3) is 0 Å². The highest BCUT2D eigenvalue weighted by Gasteiger charge is 2.05. The van der Waals surface area contributed by atoms with E-state index < -0.39 is 0 Å². The van der Waals surface area contributed by atoms with Crippen molar-refractivity contribution in [3.63, 3.8) is 0 Å². The Balaban J connectivity index is 2.58. The van der Waals surface area contributed by atoms with Crippen molar-refractivity contribution in [1.29, 1.82) is 0 Å². The molecule has 0 aliphatic heterocycles. The average Bonchev–Trinajstić information content (AvgIpc) is 2.09. The Morgan fingerprint density at radius 3 is 3.00 bits per heavy atom. The van der Waals surface area contributed by atoms with Gasteiger partial charge >= 0.3 is 0 Å². The van der Waals surface area contributed by atoms with Crippen LogP contribution < -0.4 is 11.1 Å². The van der Waals surface area contributed by atoms with Crippen LogP contribution in [0.15, 0.2) is 18.3 Å². The summed E-state index contributed by atoms with van der Waals surface area (Å²) in [5.41, 5.74) is 6.88. The van der Waals surface area contributed by atoms with Crippen LogP contribution in [-0.4, -0.2) is 18.6 Å². The summed E-state index contributed by atoms with van der Waals surface area (Å²) >= 11 is 0. The maximum atomic E-state index is 5.73. The Morgan fingerprint density at radius 2 is 2.38 bits per heavy atom. The first-order valence-electron chi connectivity index (χ1n) is 4.58. The second kappa shape index (κ2) is 4.82. The minimum Gasteiger partial charge on any atom is -0.383 e. The maximum Gasteiger partial charge on any atom is 0.126 e. The monoisotopic (exact) mass is 179 g/mol. The van der Waals surface area contributed by atoms with Crippen LogP contribution in [0.2, 0.25) is 0 Å². The maximum absolute atomic E-state index is 5.73. The van der Waals surface area contributed by atoms with Crippen LogP contribution in [-0.2, 0) is 6.42 Å². The molecule has 0 amide bonds. The normalized spacial score (nSPS) is 12.8. The predicted octanol–water partition coefficient (Wildman–Crippen LogP) is 1.06. The molecule has 0 fully saturated rings. The quantitative estimate of drug-likeness (QED) is 0.726. The number of rotatable bonds is 4. The molecular formula is C10H17N3. The van der Waals surface area contributed by atoms with Gasteiger partial charge in [-0.05, 0) is 37.6 Å². The van der Waals surface area contributed by atoms with Crippen LogP contribution in [0.5, 0.6) is 0 Å². The molecule has 1 aromatic heterocycles. The number of pyridine rings is 1. The van der Waals surface area contributed by atoms with Crippen molar-refractivity contribution in [1.82, 2.24) is 10.3 Å². The van der Waals surface area contributed by atoms with Gasteiger partial charge in [0.05, 0.1) is 0 Å². The smallest absolute Gasteiger partial charge is 0.126 e. The fraction of sp³-hybridized carbons (Fsp3) is 0.500. The van der Waals surface area contributed by atoms with Crippen molar-refractivity contribution in [3.05, 3.63) is 23.9 Å². The Kier molecular flexibility index (Phi) is 3.71. The van der Waals surface area contributed by atoms with E-state index in [0.717, 1.165) is 18.5 Å². The first-order chi connectivity index (χ1) is 6.24. The van der Waals surface area contributed by atoms with Gasteiger partial charge in [0.1, 0.15) is 5.82 Å². The SMILES string of the molecule is CNCC(C)Cc1cccnc1N. The highest BCUT2D eigenvalue weighted by molar-refractivity contribution is 5.38. The third-order valence-electron chi connectivity index (χ3n) is 2.05. The van der Waals surface area contributed by atoms with E-state index in [1.54, 1.807) is 6.20 Å². The molecule has 1 atom stereocenters. The van der Waals surface area contributed by atoms with Crippen molar-refractivity contribution in [3.8, 4) is 0 Å². The summed E-state index contributed by atoms with van der Waals surface area (Å²) in [7, 11) is 1.96. The van der Waals surface area contributed by atoms with Crippen LogP contribution in [0.25, 0.3) is 0 Å². The van der Waals surface area contributed by atoms with Gasteiger partial charge in [-0.1, -0.05) is 13.0 Å². The van der Waals surface area contributed by atoms with Crippen LogP contribution in [0.4, 0.5) is 5.82 Å². The van der Waals surface area contributed by atoms with Crippen LogP contribution in [0.1, 0.15) is 12.5 Å². The van der Waals surface area contributed by atoms with E-state index in [1.165, 1.54) is 0 Å². The number of hydrogen-bond donors (Lipinski definition) is 2. The summed E-state index contributed by atoms with van der Waals surface area (Å²) in [6.07, 6.45) is 2.71. The van der Waals surface area contributed by atoms with Gasteiger partial charge in [0.15, 0.2) is 0 Å². The first-order valence-corrected chi connectivity index (χ1v) is 4.58. The van der Waals surface area contributed by atoms with E-state index in [2.05, 4.69) is 17.2 Å². The van der Waals surface area contributed by atoms with Crippen LogP contribution in [0, 0.1) is 5.92 Å². The Hall–Kier alpha value is -1.09. The van der Waals surface area contributed by atoms with Gasteiger partial charge in [-0.25, -0.2) is 4.98 Å². The molecule has 0 bridgehead atoms. The number of anilines is 1. The van der Waals surface area contributed by atoms with E-state index in [9.17, 15) is 0 Å². The molecule has 0 saturated heterocycles. The molecule has 1 unspecified atom stereocenters. The Morgan fingerprint density at radius 1 is 1.62 bits per heavy atom. The molecule has 0 aromatic carbocycles. The highest BCUT2D eigenvalue weighted by atomic mass is 14.8. The lowest BCUT2D eigenvalue weighted by Gasteiger charge is -2.11. The number of aromatic nitrogens is 1. The standard InChI is InChI=1S/C10H17N3/c1-8(7-12-2)6-9-4-3-5-13-10(9)11/h3-5,8,12H,6-7H2,1-2H3,(H2,11,13). The van der Waals surface area contributed by atoms with Crippen molar-refractivity contribution >= 4 is 5.82 Å². The molecule has 0 radical (unpaired) electrons. The van der Waals surface area contributed by atoms with Crippen molar-refractivity contribution < 1.29 is 0 Å². The second-order valence-corrected chi connectivity index (χ2v) is 3.41. The first kappa shape index (κ1) is 9.99. The summed E-state index contributed by atoms with van der Waals surface area (Å²) in [6, 6.07) is 3.96. The summed E-state index contributed by atoms with van der Waals surface area (Å²) < 4.78 is 0. The number of nitrogens with zero attached hydrogens (tertiary/aromatic N) is 1. The molecule has 1 rings (SSSR count). The second-order valence-electron chi connectivity index (χ2n) is 3.41. The molecular weight excluding hydrogens is 162 g/mol. The lowest BCUT2D eigenvalue weighted by molar-refractivity contribution is 0.542. The van der Waals surface area contributed by atoms with E-state index >= 15 is 0 Å². The largest absolute Gasteiger partial charge is 0.383 e. The topological polar surface area (TPSA) is 50.9 Å². The molecule has 3 nitrogen and oxygen atoms in total. The van der Waals surface area contributed by atoms with Gasteiger partial charge < -0.3 is 11.1 Å². The summed E-state index contributed by atoms with van der Waals surface area (Å²) in [5, 5.41) is 3.15. The molecule has 3 N–H and O–H groups in total.